The van der Waals surface area contributed by atoms with Gasteiger partial charge in [-0.2, -0.15) is 0 Å². The molecular weight excluding hydrogens is 1770 g/mol. The summed E-state index contributed by atoms with van der Waals surface area (Å²) in [6, 6.07) is 161. The first-order valence-corrected chi connectivity index (χ1v) is 51.9. The second-order valence-electron chi connectivity index (χ2n) is 38.5. The van der Waals surface area contributed by atoms with Gasteiger partial charge in [-0.15, -0.1) is 0 Å². The highest BCUT2D eigenvalue weighted by Gasteiger charge is 2.30. The van der Waals surface area contributed by atoms with Crippen LogP contribution in [0.25, 0.3) is 0 Å². The van der Waals surface area contributed by atoms with E-state index in [0.29, 0.717) is 26.9 Å². The number of rotatable bonds is 28. The highest BCUT2D eigenvalue weighted by Crippen LogP contribution is 2.24. The standard InChI is InChI=1S/2C21H21BO3.3C21H21B.C18H15B.C10H21B/c1-23-19-10-4-16(5-11-19)22(17-6-12-20(24-2)13-7-17)18-8-14-21(25-3)15-9-18;1-23-19-10-4-7-16(13-19)22(17-8-5-11-20(14-17)24-2)18-9-6-12-21(15-18)25-3;1-16-4-10-19(11-5-16)22(20-12-6-17(2)7-13-20)21-14-8-18(3)9-15-21;1-16-7-4-10-19(13-16)22(20-11-5-8-17(2)14-20)21-12-6-9-18(3)15-21;1-16-10-4-7-13-19(16)22(20-14-8-5-11-17(20)2)21-15-9-6-12-18(21)3;1-4-10-16(11-5-1)19(17-12-6-2-7-13-17)18-14-8-3-9-15-18;1-2-3-5-8-11-9-6-4-7-10-11/h2*4-15H,1-3H3;3*4-15H,1-3H3;1-15H;2-10H2,1H3. The van der Waals surface area contributed by atoms with Gasteiger partial charge in [0, 0.05) is 0 Å². The summed E-state index contributed by atoms with van der Waals surface area (Å²) in [7, 11) is 10.1. The van der Waals surface area contributed by atoms with Crippen LogP contribution in [0.15, 0.2) is 455 Å². The molecule has 146 heavy (non-hydrogen) atoms. The molecule has 1 aliphatic heterocycles. The van der Waals surface area contributed by atoms with E-state index in [4.69, 9.17) is 28.4 Å². The SMILES string of the molecule is CCCCCB1CCCCC1.COc1ccc(B(c2ccc(OC)cc2)c2ccc(OC)cc2)cc1.COc1cccc(B(c2cccc(OC)c2)c2cccc(OC)c2)c1.Cc1ccc(B(c2ccc(C)cc2)c2ccc(C)cc2)cc1.Cc1cccc(B(c2cccc(C)c2)c2cccc(C)c2)c1.Cc1ccccc1B(c1ccccc1C)c1ccccc1C.c1ccc(B(c2ccccc2)c2ccccc2)cc1. The minimum atomic E-state index is 0.0558. The van der Waals surface area contributed by atoms with Crippen molar-refractivity contribution in [1.29, 1.82) is 0 Å². The normalized spacial score (nSPS) is 11.0. The van der Waals surface area contributed by atoms with E-state index in [0.717, 1.165) is 57.6 Å². The lowest BCUT2D eigenvalue weighted by molar-refractivity contribution is 0.415. The lowest BCUT2D eigenvalue weighted by atomic mass is 9.35. The van der Waals surface area contributed by atoms with Crippen molar-refractivity contribution in [3.05, 3.63) is 505 Å². The zero-order valence-electron chi connectivity index (χ0n) is 88.7. The van der Waals surface area contributed by atoms with Gasteiger partial charge in [-0.1, -0.05) is 595 Å². The highest BCUT2D eigenvalue weighted by atomic mass is 16.5. The largest absolute Gasteiger partial charge is 0.497 e. The Bertz CT molecular complexity index is 6280. The van der Waals surface area contributed by atoms with Gasteiger partial charge in [-0.05, 0) is 135 Å². The van der Waals surface area contributed by atoms with Gasteiger partial charge in [0.25, 0.3) is 0 Å². The van der Waals surface area contributed by atoms with Crippen molar-refractivity contribution in [2.24, 2.45) is 0 Å². The van der Waals surface area contributed by atoms with E-state index in [9.17, 15) is 0 Å². The molecule has 6 nitrogen and oxygen atoms in total. The molecule has 0 unspecified atom stereocenters. The minimum absolute atomic E-state index is 0.0558. The van der Waals surface area contributed by atoms with Crippen molar-refractivity contribution in [1.82, 2.24) is 0 Å². The first kappa shape index (κ1) is 108. The maximum absolute atomic E-state index is 5.42. The Hall–Kier alpha value is -14.8. The van der Waals surface area contributed by atoms with Crippen molar-refractivity contribution in [2.45, 2.75) is 127 Å². The number of benzene rings is 18. The van der Waals surface area contributed by atoms with Gasteiger partial charge < -0.3 is 28.4 Å². The molecule has 19 rings (SSSR count). The van der Waals surface area contributed by atoms with Gasteiger partial charge in [0.1, 0.15) is 41.2 Å². The molecule has 0 spiro atoms. The molecule has 1 fully saturated rings. The molecule has 13 heteroatoms. The monoisotopic (exact) mass is 1910 g/mol. The van der Waals surface area contributed by atoms with Gasteiger partial charge in [-0.3, -0.25) is 0 Å². The van der Waals surface area contributed by atoms with Gasteiger partial charge >= 0.3 is 0 Å². The van der Waals surface area contributed by atoms with Gasteiger partial charge in [0.15, 0.2) is 0 Å². The Morgan fingerprint density at radius 3 is 0.651 bits per heavy atom. The third kappa shape index (κ3) is 31.6. The van der Waals surface area contributed by atoms with Crippen LogP contribution in [0.2, 0.25) is 19.0 Å². The summed E-state index contributed by atoms with van der Waals surface area (Å²) in [6.07, 6.45) is 13.4. The van der Waals surface area contributed by atoms with Crippen molar-refractivity contribution < 1.29 is 28.4 Å². The molecule has 0 saturated carbocycles. The Kier molecular flexibility index (Phi) is 42.4. The maximum atomic E-state index is 5.42. The molecule has 18 aromatic rings. The Balaban J connectivity index is 0.000000144. The number of ether oxygens (including phenoxy) is 6. The summed E-state index contributed by atoms with van der Waals surface area (Å²) >= 11 is 0. The van der Waals surface area contributed by atoms with Crippen LogP contribution in [-0.4, -0.2) is 89.6 Å². The third-order valence-corrected chi connectivity index (χ3v) is 27.8. The second kappa shape index (κ2) is 57.1. The van der Waals surface area contributed by atoms with Gasteiger partial charge in [0.05, 0.1) is 42.7 Å². The van der Waals surface area contributed by atoms with Crippen LogP contribution in [0, 0.1) is 62.3 Å². The highest BCUT2D eigenvalue weighted by molar-refractivity contribution is 6.98. The summed E-state index contributed by atoms with van der Waals surface area (Å²) in [6.45, 7) is 24.3. The molecular formula is C133H141B7O6. The van der Waals surface area contributed by atoms with E-state index in [2.05, 4.69) is 451 Å². The average molecular weight is 1910 g/mol. The van der Waals surface area contributed by atoms with E-state index >= 15 is 0 Å². The van der Waals surface area contributed by atoms with Crippen molar-refractivity contribution in [3.8, 4) is 34.5 Å². The van der Waals surface area contributed by atoms with Gasteiger partial charge in [0.2, 0.25) is 40.3 Å². The molecule has 1 saturated heterocycles. The van der Waals surface area contributed by atoms with Crippen molar-refractivity contribution >= 4 is 145 Å². The van der Waals surface area contributed by atoms with Crippen molar-refractivity contribution in [2.75, 3.05) is 42.7 Å². The molecule has 1 aliphatic rings. The predicted molar refractivity (Wildman–Crippen MR) is 639 cm³/mol. The molecule has 0 N–H and O–H groups in total. The first-order valence-electron chi connectivity index (χ1n) is 51.9. The summed E-state index contributed by atoms with van der Waals surface area (Å²) in [5.74, 6) is 5.08. The molecule has 0 atom stereocenters. The van der Waals surface area contributed by atoms with E-state index in [1.165, 1.54) is 189 Å². The Labute approximate surface area is 876 Å². The smallest absolute Gasteiger partial charge is 0.242 e. The quantitative estimate of drug-likeness (QED) is 0.0360. The summed E-state index contributed by atoms with van der Waals surface area (Å²) < 4.78 is 32.1. The fourth-order valence-corrected chi connectivity index (χ4v) is 19.9. The van der Waals surface area contributed by atoms with Crippen LogP contribution < -0.4 is 127 Å². The molecule has 18 aromatic carbocycles. The number of hydrogen-bond acceptors (Lipinski definition) is 6. The number of aryl methyl sites for hydroxylation is 9. The second-order valence-corrected chi connectivity index (χ2v) is 38.5. The van der Waals surface area contributed by atoms with E-state index in [1.54, 1.807) is 42.7 Å². The van der Waals surface area contributed by atoms with E-state index < -0.39 is 0 Å². The van der Waals surface area contributed by atoms with Crippen LogP contribution in [0.4, 0.5) is 0 Å². The van der Waals surface area contributed by atoms with Crippen LogP contribution in [0.3, 0.4) is 0 Å². The fraction of sp³-hybridized carbons (Fsp3) is 0.188. The minimum Gasteiger partial charge on any atom is -0.497 e. The average Bonchev–Trinajstić information content (AvgIpc) is 0.760. The first-order chi connectivity index (χ1) is 71.3. The summed E-state index contributed by atoms with van der Waals surface area (Å²) in [5, 5.41) is 0. The van der Waals surface area contributed by atoms with E-state index in [1.807, 2.05) is 72.8 Å². The molecule has 730 valence electrons. The van der Waals surface area contributed by atoms with E-state index in [-0.39, 0.29) is 13.4 Å². The maximum Gasteiger partial charge on any atom is 0.242 e. The van der Waals surface area contributed by atoms with Crippen LogP contribution in [-0.2, 0) is 0 Å². The molecule has 0 aromatic heterocycles. The van der Waals surface area contributed by atoms with Gasteiger partial charge in [-0.25, -0.2) is 0 Å². The lowest BCUT2D eigenvalue weighted by Gasteiger charge is -2.21. The molecule has 0 radical (unpaired) electrons. The Morgan fingerprint density at radius 2 is 0.404 bits per heavy atom. The molecule has 1 heterocycles. The van der Waals surface area contributed by atoms with Crippen LogP contribution in [0.5, 0.6) is 34.5 Å². The Morgan fingerprint density at radius 1 is 0.185 bits per heavy atom. The lowest BCUT2D eigenvalue weighted by Crippen LogP contribution is -2.54. The molecule has 0 bridgehead atoms. The number of hydrogen-bond donors (Lipinski definition) is 0. The summed E-state index contributed by atoms with van der Waals surface area (Å²) in [5.41, 5.74) is 35.2. The molecule has 0 amide bonds. The zero-order valence-corrected chi connectivity index (χ0v) is 88.7. The van der Waals surface area contributed by atoms with Crippen LogP contribution in [0.1, 0.15) is 95.5 Å². The topological polar surface area (TPSA) is 55.4 Å². The third-order valence-electron chi connectivity index (χ3n) is 27.8. The number of unbranched alkanes of at least 4 members (excludes halogenated alkanes) is 2. The van der Waals surface area contributed by atoms with Crippen LogP contribution >= 0.6 is 0 Å². The molecule has 0 aliphatic carbocycles. The summed E-state index contributed by atoms with van der Waals surface area (Å²) in [4.78, 5) is 0. The van der Waals surface area contributed by atoms with Crippen molar-refractivity contribution in [3.63, 3.8) is 0 Å². The fourth-order valence-electron chi connectivity index (χ4n) is 19.9. The number of methoxy groups -OCH3 is 6. The zero-order chi connectivity index (χ0) is 103. The predicted octanol–water partition coefficient (Wildman–Crippen LogP) is 19.9.